The summed E-state index contributed by atoms with van der Waals surface area (Å²) in [5.74, 6) is 0. The molecule has 5 heteroatoms. The zero-order chi connectivity index (χ0) is 13.2. The molecule has 0 unspecified atom stereocenters. The molecule has 0 aliphatic heterocycles. The number of nitro benzene ring substituents is 1. The van der Waals surface area contributed by atoms with Gasteiger partial charge in [0.05, 0.1) is 4.92 Å². The number of hydrogen-bond acceptors (Lipinski definition) is 3. The van der Waals surface area contributed by atoms with Gasteiger partial charge in [-0.25, -0.2) is 0 Å². The second kappa shape index (κ2) is 4.85. The molecular formula is C14H12N2O2S. The topological polar surface area (TPSA) is 48.1 Å². The molecule has 3 rings (SSSR count). The highest BCUT2D eigenvalue weighted by Gasteiger charge is 2.08. The normalized spacial score (nSPS) is 10.9. The fraction of sp³-hybridized carbons (Fsp3) is 0.143. The molecule has 2 aromatic heterocycles. The Morgan fingerprint density at radius 2 is 2.16 bits per heavy atom. The zero-order valence-corrected chi connectivity index (χ0v) is 11.0. The van der Waals surface area contributed by atoms with E-state index >= 15 is 0 Å². The van der Waals surface area contributed by atoms with Gasteiger partial charge in [-0.15, -0.1) is 11.3 Å². The maximum absolute atomic E-state index is 10.7. The average molecular weight is 272 g/mol. The molecule has 0 atom stereocenters. The standard InChI is InChI=1S/C14H12N2O2S/c17-16(18)12-3-4-14-11(10-12)5-7-15(14)8-6-13-2-1-9-19-13/h1-5,7,9-10H,6,8H2. The first-order valence-electron chi connectivity index (χ1n) is 6.00. The molecule has 0 saturated carbocycles. The molecule has 1 aromatic carbocycles. The van der Waals surface area contributed by atoms with Crippen molar-refractivity contribution in [2.45, 2.75) is 13.0 Å². The number of nitrogens with zero attached hydrogens (tertiary/aromatic N) is 2. The van der Waals surface area contributed by atoms with E-state index in [1.54, 1.807) is 23.5 Å². The van der Waals surface area contributed by atoms with Crippen LogP contribution in [0.1, 0.15) is 4.88 Å². The fourth-order valence-electron chi connectivity index (χ4n) is 2.18. The second-order valence-electron chi connectivity index (χ2n) is 4.34. The molecule has 96 valence electrons. The molecule has 0 amide bonds. The number of hydrogen-bond donors (Lipinski definition) is 0. The monoisotopic (exact) mass is 272 g/mol. The third kappa shape index (κ3) is 2.37. The van der Waals surface area contributed by atoms with Crippen LogP contribution in [-0.4, -0.2) is 9.49 Å². The van der Waals surface area contributed by atoms with Crippen molar-refractivity contribution in [3.63, 3.8) is 0 Å². The van der Waals surface area contributed by atoms with Crippen LogP contribution in [0.2, 0.25) is 0 Å². The van der Waals surface area contributed by atoms with Crippen molar-refractivity contribution >= 4 is 27.9 Å². The largest absolute Gasteiger partial charge is 0.347 e. The first-order chi connectivity index (χ1) is 9.24. The van der Waals surface area contributed by atoms with Crippen LogP contribution in [-0.2, 0) is 13.0 Å². The molecular weight excluding hydrogens is 260 g/mol. The Hall–Kier alpha value is -2.14. The summed E-state index contributed by atoms with van der Waals surface area (Å²) in [6.07, 6.45) is 2.97. The van der Waals surface area contributed by atoms with Gasteiger partial charge in [0.1, 0.15) is 0 Å². The van der Waals surface area contributed by atoms with Crippen LogP contribution in [0.4, 0.5) is 5.69 Å². The Kier molecular flexibility index (Phi) is 3.05. The summed E-state index contributed by atoms with van der Waals surface area (Å²) in [6, 6.07) is 11.1. The zero-order valence-electron chi connectivity index (χ0n) is 10.2. The first-order valence-corrected chi connectivity index (χ1v) is 6.88. The van der Waals surface area contributed by atoms with Gasteiger partial charge in [-0.2, -0.15) is 0 Å². The Labute approximate surface area is 114 Å². The van der Waals surface area contributed by atoms with Crippen LogP contribution in [0.25, 0.3) is 10.9 Å². The number of rotatable bonds is 4. The number of fused-ring (bicyclic) bond motifs is 1. The lowest BCUT2D eigenvalue weighted by molar-refractivity contribution is -0.384. The predicted octanol–water partition coefficient (Wildman–Crippen LogP) is 3.85. The highest BCUT2D eigenvalue weighted by Crippen LogP contribution is 2.22. The van der Waals surface area contributed by atoms with Gasteiger partial charge >= 0.3 is 0 Å². The van der Waals surface area contributed by atoms with E-state index in [1.807, 2.05) is 18.3 Å². The molecule has 2 heterocycles. The lowest BCUT2D eigenvalue weighted by Gasteiger charge is -2.04. The van der Waals surface area contributed by atoms with Crippen LogP contribution in [0, 0.1) is 10.1 Å². The minimum atomic E-state index is -0.359. The number of aryl methyl sites for hydroxylation is 2. The molecule has 0 bridgehead atoms. The van der Waals surface area contributed by atoms with Gasteiger partial charge in [0.25, 0.3) is 5.69 Å². The Morgan fingerprint density at radius 1 is 1.26 bits per heavy atom. The number of nitro groups is 1. The summed E-state index contributed by atoms with van der Waals surface area (Å²) in [5, 5.41) is 13.7. The number of thiophene rings is 1. The summed E-state index contributed by atoms with van der Waals surface area (Å²) < 4.78 is 2.14. The lowest BCUT2D eigenvalue weighted by atomic mass is 10.2. The average Bonchev–Trinajstić information content (AvgIpc) is 3.05. The number of non-ortho nitro benzene ring substituents is 1. The van der Waals surface area contributed by atoms with Crippen molar-refractivity contribution in [2.75, 3.05) is 0 Å². The van der Waals surface area contributed by atoms with Crippen LogP contribution in [0.15, 0.2) is 48.0 Å². The summed E-state index contributed by atoms with van der Waals surface area (Å²) in [4.78, 5) is 11.7. The van der Waals surface area contributed by atoms with E-state index in [0.29, 0.717) is 0 Å². The minimum Gasteiger partial charge on any atom is -0.347 e. The van der Waals surface area contributed by atoms with Crippen molar-refractivity contribution in [3.05, 3.63) is 63.0 Å². The van der Waals surface area contributed by atoms with E-state index in [-0.39, 0.29) is 10.6 Å². The number of aromatic nitrogens is 1. The van der Waals surface area contributed by atoms with Gasteiger partial charge in [-0.3, -0.25) is 10.1 Å². The Bertz CT molecular complexity index is 716. The summed E-state index contributed by atoms with van der Waals surface area (Å²) in [5.41, 5.74) is 1.19. The van der Waals surface area contributed by atoms with E-state index in [2.05, 4.69) is 22.1 Å². The fourth-order valence-corrected chi connectivity index (χ4v) is 2.88. The molecule has 0 N–H and O–H groups in total. The van der Waals surface area contributed by atoms with Crippen molar-refractivity contribution in [2.24, 2.45) is 0 Å². The predicted molar refractivity (Wildman–Crippen MR) is 76.6 cm³/mol. The van der Waals surface area contributed by atoms with Gasteiger partial charge in [0.2, 0.25) is 0 Å². The quantitative estimate of drug-likeness (QED) is 0.535. The molecule has 0 aliphatic rings. The van der Waals surface area contributed by atoms with Gasteiger partial charge < -0.3 is 4.57 Å². The van der Waals surface area contributed by atoms with Crippen LogP contribution in [0.5, 0.6) is 0 Å². The van der Waals surface area contributed by atoms with E-state index in [9.17, 15) is 10.1 Å². The second-order valence-corrected chi connectivity index (χ2v) is 5.37. The molecule has 0 radical (unpaired) electrons. The first kappa shape index (κ1) is 11.9. The van der Waals surface area contributed by atoms with Gasteiger partial charge in [-0.05, 0) is 30.0 Å². The number of benzene rings is 1. The molecule has 0 fully saturated rings. The highest BCUT2D eigenvalue weighted by molar-refractivity contribution is 7.09. The maximum Gasteiger partial charge on any atom is 0.270 e. The third-order valence-electron chi connectivity index (χ3n) is 3.14. The SMILES string of the molecule is O=[N+]([O-])c1ccc2c(ccn2CCc2cccs2)c1. The smallest absolute Gasteiger partial charge is 0.270 e. The third-order valence-corrected chi connectivity index (χ3v) is 4.08. The molecule has 0 spiro atoms. The summed E-state index contributed by atoms with van der Waals surface area (Å²) in [6.45, 7) is 0.891. The van der Waals surface area contributed by atoms with Gasteiger partial charge in [-0.1, -0.05) is 6.07 Å². The van der Waals surface area contributed by atoms with Gasteiger partial charge in [0.15, 0.2) is 0 Å². The maximum atomic E-state index is 10.7. The molecule has 0 saturated heterocycles. The van der Waals surface area contributed by atoms with Crippen LogP contribution in [0.3, 0.4) is 0 Å². The van der Waals surface area contributed by atoms with E-state index in [1.165, 1.54) is 4.88 Å². The van der Waals surface area contributed by atoms with E-state index in [4.69, 9.17) is 0 Å². The summed E-state index contributed by atoms with van der Waals surface area (Å²) in [7, 11) is 0. The lowest BCUT2D eigenvalue weighted by Crippen LogP contribution is -1.98. The Morgan fingerprint density at radius 3 is 2.89 bits per heavy atom. The Balaban J connectivity index is 1.86. The minimum absolute atomic E-state index is 0.142. The van der Waals surface area contributed by atoms with Crippen LogP contribution < -0.4 is 0 Å². The molecule has 0 aliphatic carbocycles. The van der Waals surface area contributed by atoms with E-state index in [0.717, 1.165) is 23.9 Å². The molecule has 19 heavy (non-hydrogen) atoms. The van der Waals surface area contributed by atoms with Crippen molar-refractivity contribution in [1.82, 2.24) is 4.57 Å². The summed E-state index contributed by atoms with van der Waals surface area (Å²) >= 11 is 1.75. The van der Waals surface area contributed by atoms with Crippen molar-refractivity contribution in [3.8, 4) is 0 Å². The highest BCUT2D eigenvalue weighted by atomic mass is 32.1. The van der Waals surface area contributed by atoms with Crippen molar-refractivity contribution in [1.29, 1.82) is 0 Å². The molecule has 4 nitrogen and oxygen atoms in total. The van der Waals surface area contributed by atoms with Crippen molar-refractivity contribution < 1.29 is 4.92 Å². The van der Waals surface area contributed by atoms with E-state index < -0.39 is 0 Å². The van der Waals surface area contributed by atoms with Crippen LogP contribution >= 0.6 is 11.3 Å². The molecule has 3 aromatic rings. The van der Waals surface area contributed by atoms with Gasteiger partial charge in [0, 0.05) is 40.7 Å².